The molecule has 0 saturated carbocycles. The Kier molecular flexibility index (Phi) is 2.00. The molecule has 0 fully saturated rings. The number of nitrogens with one attached hydrogen (secondary N) is 2. The van der Waals surface area contributed by atoms with Gasteiger partial charge in [-0.15, -0.1) is 0 Å². The Hall–Kier alpha value is -1.65. The molecule has 5 nitrogen and oxygen atoms in total. The van der Waals surface area contributed by atoms with Gasteiger partial charge in [-0.1, -0.05) is 0 Å². The molecule has 11 heavy (non-hydrogen) atoms. The van der Waals surface area contributed by atoms with E-state index in [9.17, 15) is 0 Å². The fraction of sp³-hybridized carbons (Fsp3) is 0.167. The van der Waals surface area contributed by atoms with E-state index in [0.29, 0.717) is 11.5 Å². The predicted octanol–water partition coefficient (Wildman–Crippen LogP) is 0.416. The van der Waals surface area contributed by atoms with Crippen molar-refractivity contribution in [2.45, 2.75) is 6.92 Å². The van der Waals surface area contributed by atoms with E-state index in [1.807, 2.05) is 0 Å². The molecule has 0 aliphatic heterocycles. The maximum Gasteiger partial charge on any atom is 0.160 e. The Morgan fingerprint density at radius 1 is 1.91 bits per heavy atom. The van der Waals surface area contributed by atoms with Gasteiger partial charge >= 0.3 is 0 Å². The number of imidazole rings is 1. The average molecular weight is 151 g/mol. The van der Waals surface area contributed by atoms with Crippen LogP contribution >= 0.6 is 0 Å². The summed E-state index contributed by atoms with van der Waals surface area (Å²) in [6.45, 7) is 1.78. The highest BCUT2D eigenvalue weighted by Gasteiger charge is 2.05. The Morgan fingerprint density at radius 2 is 2.64 bits per heavy atom. The van der Waals surface area contributed by atoms with E-state index >= 15 is 0 Å². The third-order valence-corrected chi connectivity index (χ3v) is 1.13. The lowest BCUT2D eigenvalue weighted by atomic mass is 10.4. The van der Waals surface area contributed by atoms with Gasteiger partial charge in [0.1, 0.15) is 11.5 Å². The van der Waals surface area contributed by atoms with Crippen LogP contribution in [0.25, 0.3) is 0 Å². The van der Waals surface area contributed by atoms with Crippen molar-refractivity contribution in [3.05, 3.63) is 12.0 Å². The highest BCUT2D eigenvalue weighted by atomic mass is 15.0. The van der Waals surface area contributed by atoms with Crippen molar-refractivity contribution < 1.29 is 0 Å². The third kappa shape index (κ3) is 1.43. The summed E-state index contributed by atoms with van der Waals surface area (Å²) in [5.74, 6) is 0.451. The van der Waals surface area contributed by atoms with E-state index < -0.39 is 0 Å². The van der Waals surface area contributed by atoms with E-state index in [2.05, 4.69) is 15.0 Å². The van der Waals surface area contributed by atoms with Crippen LogP contribution in [0.15, 0.2) is 11.3 Å². The van der Waals surface area contributed by atoms with Crippen molar-refractivity contribution in [3.63, 3.8) is 0 Å². The summed E-state index contributed by atoms with van der Waals surface area (Å²) in [6, 6.07) is 0. The lowest BCUT2D eigenvalue weighted by Crippen LogP contribution is -2.11. The summed E-state index contributed by atoms with van der Waals surface area (Å²) in [5, 5.41) is 7.09. The number of amidine groups is 1. The van der Waals surface area contributed by atoms with Crippen molar-refractivity contribution >= 4 is 17.9 Å². The second kappa shape index (κ2) is 2.96. The SMILES string of the molecule is C/C=N\c1[nH]cnc1C(=N)N. The van der Waals surface area contributed by atoms with E-state index in [1.165, 1.54) is 6.33 Å². The summed E-state index contributed by atoms with van der Waals surface area (Å²) in [7, 11) is 0. The highest BCUT2D eigenvalue weighted by Crippen LogP contribution is 2.10. The number of hydrogen-bond donors (Lipinski definition) is 3. The van der Waals surface area contributed by atoms with Crippen LogP contribution in [-0.2, 0) is 0 Å². The minimum Gasteiger partial charge on any atom is -0.382 e. The molecule has 0 radical (unpaired) electrons. The number of nitrogens with two attached hydrogens (primary N) is 1. The van der Waals surface area contributed by atoms with Crippen LogP contribution in [0, 0.1) is 5.41 Å². The lowest BCUT2D eigenvalue weighted by molar-refractivity contribution is 1.29. The molecule has 0 unspecified atom stereocenters. The summed E-state index contributed by atoms with van der Waals surface area (Å²) < 4.78 is 0. The Morgan fingerprint density at radius 3 is 3.18 bits per heavy atom. The first kappa shape index (κ1) is 7.46. The third-order valence-electron chi connectivity index (χ3n) is 1.13. The van der Waals surface area contributed by atoms with Gasteiger partial charge in [0.05, 0.1) is 6.33 Å². The molecule has 1 rings (SSSR count). The number of rotatable bonds is 2. The largest absolute Gasteiger partial charge is 0.382 e. The van der Waals surface area contributed by atoms with Gasteiger partial charge in [-0.05, 0) is 6.92 Å². The van der Waals surface area contributed by atoms with E-state index in [-0.39, 0.29) is 5.84 Å². The molecular weight excluding hydrogens is 142 g/mol. The highest BCUT2D eigenvalue weighted by molar-refractivity contribution is 5.97. The number of hydrogen-bond acceptors (Lipinski definition) is 3. The van der Waals surface area contributed by atoms with Crippen molar-refractivity contribution in [2.75, 3.05) is 0 Å². The molecular formula is C6H9N5. The zero-order chi connectivity index (χ0) is 8.27. The van der Waals surface area contributed by atoms with Crippen LogP contribution in [0.2, 0.25) is 0 Å². The summed E-state index contributed by atoms with van der Waals surface area (Å²) in [6.07, 6.45) is 3.07. The Bertz CT molecular complexity index is 285. The van der Waals surface area contributed by atoms with Gasteiger partial charge in [0.2, 0.25) is 0 Å². The zero-order valence-electron chi connectivity index (χ0n) is 6.13. The van der Waals surface area contributed by atoms with Crippen molar-refractivity contribution in [1.29, 1.82) is 5.41 Å². The smallest absolute Gasteiger partial charge is 0.160 e. The minimum atomic E-state index is -0.0770. The fourth-order valence-corrected chi connectivity index (χ4v) is 0.712. The maximum atomic E-state index is 7.09. The topological polar surface area (TPSA) is 90.9 Å². The number of aromatic amines is 1. The standard InChI is InChI=1S/C6H9N5/c1-2-9-6-4(5(7)8)10-3-11-6/h2-3H,1H3,(H3,7,8)(H,10,11)/b9-2-. The number of aromatic nitrogens is 2. The van der Waals surface area contributed by atoms with Crippen LogP contribution in [0.1, 0.15) is 12.6 Å². The number of nitrogen functional groups attached to an aromatic ring is 1. The van der Waals surface area contributed by atoms with Gasteiger partial charge in [0, 0.05) is 6.21 Å². The van der Waals surface area contributed by atoms with Crippen LogP contribution in [-0.4, -0.2) is 22.0 Å². The zero-order valence-corrected chi connectivity index (χ0v) is 6.13. The van der Waals surface area contributed by atoms with Gasteiger partial charge in [0.15, 0.2) is 5.82 Å². The molecule has 0 aromatic carbocycles. The molecule has 0 bridgehead atoms. The number of H-pyrrole nitrogens is 1. The van der Waals surface area contributed by atoms with Crippen molar-refractivity contribution in [3.8, 4) is 0 Å². The second-order valence-corrected chi connectivity index (χ2v) is 1.90. The Balaban J connectivity index is 3.05. The molecule has 0 aliphatic carbocycles. The molecule has 0 spiro atoms. The molecule has 0 amide bonds. The molecule has 0 saturated heterocycles. The van der Waals surface area contributed by atoms with Crippen LogP contribution in [0.5, 0.6) is 0 Å². The van der Waals surface area contributed by atoms with Crippen molar-refractivity contribution in [2.24, 2.45) is 10.7 Å². The minimum absolute atomic E-state index is 0.0770. The monoisotopic (exact) mass is 151 g/mol. The molecule has 1 aromatic rings. The summed E-state index contributed by atoms with van der Waals surface area (Å²) in [4.78, 5) is 10.5. The van der Waals surface area contributed by atoms with Crippen LogP contribution < -0.4 is 5.73 Å². The van der Waals surface area contributed by atoms with Crippen LogP contribution in [0.3, 0.4) is 0 Å². The molecule has 1 heterocycles. The lowest BCUT2D eigenvalue weighted by Gasteiger charge is -1.91. The van der Waals surface area contributed by atoms with Crippen molar-refractivity contribution in [1.82, 2.24) is 9.97 Å². The Labute approximate surface area is 63.9 Å². The van der Waals surface area contributed by atoms with Gasteiger partial charge in [0.25, 0.3) is 0 Å². The van der Waals surface area contributed by atoms with Gasteiger partial charge in [-0.2, -0.15) is 0 Å². The molecule has 5 heteroatoms. The van der Waals surface area contributed by atoms with E-state index in [4.69, 9.17) is 11.1 Å². The van der Waals surface area contributed by atoms with Gasteiger partial charge in [-0.3, -0.25) is 5.41 Å². The first-order valence-electron chi connectivity index (χ1n) is 3.12. The van der Waals surface area contributed by atoms with Gasteiger partial charge < -0.3 is 10.7 Å². The summed E-state index contributed by atoms with van der Waals surface area (Å²) in [5.41, 5.74) is 5.61. The maximum absolute atomic E-state index is 7.09. The second-order valence-electron chi connectivity index (χ2n) is 1.90. The first-order valence-corrected chi connectivity index (χ1v) is 3.12. The van der Waals surface area contributed by atoms with Crippen LogP contribution in [0.4, 0.5) is 5.82 Å². The van der Waals surface area contributed by atoms with E-state index in [0.717, 1.165) is 0 Å². The molecule has 0 aliphatic rings. The molecule has 0 atom stereocenters. The average Bonchev–Trinajstić information content (AvgIpc) is 2.36. The normalized spacial score (nSPS) is 10.6. The quantitative estimate of drug-likeness (QED) is 0.422. The van der Waals surface area contributed by atoms with Gasteiger partial charge in [-0.25, -0.2) is 9.98 Å². The van der Waals surface area contributed by atoms with E-state index in [1.54, 1.807) is 13.1 Å². The fourth-order valence-electron chi connectivity index (χ4n) is 0.712. The molecule has 1 aromatic heterocycles. The summed E-state index contributed by atoms with van der Waals surface area (Å²) >= 11 is 0. The predicted molar refractivity (Wildman–Crippen MR) is 43.4 cm³/mol. The number of nitrogens with zero attached hydrogens (tertiary/aromatic N) is 2. The first-order chi connectivity index (χ1) is 5.25. The molecule has 58 valence electrons. The molecule has 4 N–H and O–H groups in total. The number of aliphatic imine (C=N–C) groups is 1.